The normalized spacial score (nSPS) is 11.2. The van der Waals surface area contributed by atoms with Crippen molar-refractivity contribution < 1.29 is 9.59 Å². The molecule has 0 bridgehead atoms. The zero-order valence-corrected chi connectivity index (χ0v) is 22.9. The number of hydrogen-bond acceptors (Lipinski definition) is 8. The Bertz CT molecular complexity index is 1810. The van der Waals surface area contributed by atoms with Gasteiger partial charge in [0.25, 0.3) is 0 Å². The number of pyridine rings is 1. The maximum absolute atomic E-state index is 12.7. The van der Waals surface area contributed by atoms with Crippen LogP contribution in [0.3, 0.4) is 0 Å². The smallest absolute Gasteiger partial charge is 0.234 e. The second kappa shape index (κ2) is 11.4. The molecule has 0 aliphatic heterocycles. The minimum Gasteiger partial charge on any atom is -0.325 e. The molecule has 0 aliphatic rings. The third-order valence-corrected chi connectivity index (χ3v) is 8.79. The molecule has 0 aliphatic carbocycles. The Kier molecular flexibility index (Phi) is 7.40. The summed E-state index contributed by atoms with van der Waals surface area (Å²) in [5.74, 6) is 0.0689. The number of carbonyl (C=O) groups is 2. The maximum atomic E-state index is 12.7. The van der Waals surface area contributed by atoms with Crippen LogP contribution in [-0.4, -0.2) is 38.3 Å². The fourth-order valence-corrected chi connectivity index (χ4v) is 6.70. The van der Waals surface area contributed by atoms with E-state index in [0.717, 1.165) is 42.7 Å². The van der Waals surface area contributed by atoms with Crippen LogP contribution in [0.4, 0.5) is 11.4 Å². The highest BCUT2D eigenvalue weighted by Gasteiger charge is 2.18. The molecule has 10 heteroatoms. The van der Waals surface area contributed by atoms with Crippen molar-refractivity contribution in [3.8, 4) is 0 Å². The minimum absolute atomic E-state index is 0.126. The van der Waals surface area contributed by atoms with Crippen molar-refractivity contribution in [3.63, 3.8) is 0 Å². The van der Waals surface area contributed by atoms with Gasteiger partial charge in [0.05, 0.1) is 27.2 Å². The van der Waals surface area contributed by atoms with E-state index in [4.69, 9.17) is 15.0 Å². The lowest BCUT2D eigenvalue weighted by Crippen LogP contribution is -2.14. The molecular formula is C29H21N5O2S3. The molecule has 0 spiro atoms. The van der Waals surface area contributed by atoms with E-state index in [2.05, 4.69) is 16.7 Å². The standard InChI is InChI=1S/C29H21N5O2S3/c35-23(30-19-10-3-1-4-11-19)16-37-28-26-25(21-15-18-9-7-8-14-22(18)32-27(21)39-26)33-29(34-28)38-17-24(36)31-20-12-5-2-6-13-20/h1-15H,16-17H2,(H,30,35)(H,31,36). The van der Waals surface area contributed by atoms with Gasteiger partial charge in [0.2, 0.25) is 11.8 Å². The van der Waals surface area contributed by atoms with Crippen molar-refractivity contribution in [1.82, 2.24) is 15.0 Å². The molecule has 0 saturated carbocycles. The van der Waals surface area contributed by atoms with Gasteiger partial charge < -0.3 is 10.6 Å². The summed E-state index contributed by atoms with van der Waals surface area (Å²) in [4.78, 5) is 40.6. The fourth-order valence-electron chi connectivity index (χ4n) is 3.99. The van der Waals surface area contributed by atoms with Crippen LogP contribution in [0.25, 0.3) is 31.3 Å². The number of carbonyl (C=O) groups excluding carboxylic acids is 2. The van der Waals surface area contributed by atoms with E-state index in [0.29, 0.717) is 10.2 Å². The van der Waals surface area contributed by atoms with Crippen molar-refractivity contribution in [2.24, 2.45) is 0 Å². The number of anilines is 2. The van der Waals surface area contributed by atoms with Gasteiger partial charge in [0, 0.05) is 22.1 Å². The Balaban J connectivity index is 1.30. The van der Waals surface area contributed by atoms with Gasteiger partial charge in [-0.05, 0) is 36.4 Å². The van der Waals surface area contributed by atoms with Gasteiger partial charge in [-0.1, -0.05) is 78.1 Å². The maximum Gasteiger partial charge on any atom is 0.234 e. The third kappa shape index (κ3) is 5.88. The molecule has 0 radical (unpaired) electrons. The molecule has 6 aromatic rings. The minimum atomic E-state index is -0.144. The van der Waals surface area contributed by atoms with Gasteiger partial charge in [-0.25, -0.2) is 15.0 Å². The average molecular weight is 568 g/mol. The number of amides is 2. The van der Waals surface area contributed by atoms with Crippen molar-refractivity contribution in [3.05, 3.63) is 91.0 Å². The number of hydrogen-bond donors (Lipinski definition) is 2. The summed E-state index contributed by atoms with van der Waals surface area (Å²) in [5.41, 5.74) is 3.17. The first-order valence-corrected chi connectivity index (χ1v) is 14.9. The lowest BCUT2D eigenvalue weighted by molar-refractivity contribution is -0.114. The SMILES string of the molecule is O=C(CSc1nc(SCC(=O)Nc2ccccc2)c2sc3nc4ccccc4cc3c2n1)Nc1ccccc1. The molecule has 6 rings (SSSR count). The summed E-state index contributed by atoms with van der Waals surface area (Å²) >= 11 is 4.14. The number of rotatable bonds is 8. The third-order valence-electron chi connectivity index (χ3n) is 5.74. The lowest BCUT2D eigenvalue weighted by Gasteiger charge is -2.08. The van der Waals surface area contributed by atoms with Crippen molar-refractivity contribution in [1.29, 1.82) is 0 Å². The molecule has 7 nitrogen and oxygen atoms in total. The number of para-hydroxylation sites is 3. The van der Waals surface area contributed by atoms with Crippen molar-refractivity contribution >= 4 is 89.4 Å². The van der Waals surface area contributed by atoms with Gasteiger partial charge in [0.15, 0.2) is 5.16 Å². The van der Waals surface area contributed by atoms with Gasteiger partial charge in [-0.15, -0.1) is 11.3 Å². The topological polar surface area (TPSA) is 96.9 Å². The molecule has 3 aromatic carbocycles. The summed E-state index contributed by atoms with van der Waals surface area (Å²) in [6.07, 6.45) is 0. The Hall–Kier alpha value is -3.99. The van der Waals surface area contributed by atoms with Crippen LogP contribution in [0, 0.1) is 0 Å². The molecule has 3 heterocycles. The van der Waals surface area contributed by atoms with Gasteiger partial charge >= 0.3 is 0 Å². The van der Waals surface area contributed by atoms with Gasteiger partial charge in [-0.2, -0.15) is 0 Å². The molecule has 192 valence electrons. The fraction of sp³-hybridized carbons (Fsp3) is 0.0690. The van der Waals surface area contributed by atoms with Crippen LogP contribution in [0.2, 0.25) is 0 Å². The second-order valence-corrected chi connectivity index (χ2v) is 11.4. The number of benzene rings is 3. The summed E-state index contributed by atoms with van der Waals surface area (Å²) in [6.45, 7) is 0. The van der Waals surface area contributed by atoms with Crippen LogP contribution in [-0.2, 0) is 9.59 Å². The van der Waals surface area contributed by atoms with Crippen LogP contribution in [0.5, 0.6) is 0 Å². The molecule has 0 unspecified atom stereocenters. The first-order chi connectivity index (χ1) is 19.1. The first-order valence-electron chi connectivity index (χ1n) is 12.1. The molecule has 2 N–H and O–H groups in total. The lowest BCUT2D eigenvalue weighted by atomic mass is 10.2. The summed E-state index contributed by atoms with van der Waals surface area (Å²) in [7, 11) is 0. The number of nitrogens with zero attached hydrogens (tertiary/aromatic N) is 3. The van der Waals surface area contributed by atoms with E-state index in [9.17, 15) is 9.59 Å². The van der Waals surface area contributed by atoms with Crippen LogP contribution in [0.15, 0.2) is 101 Å². The highest BCUT2D eigenvalue weighted by atomic mass is 32.2. The number of thiophene rings is 1. The Labute approximate surface area is 236 Å². The second-order valence-electron chi connectivity index (χ2n) is 8.53. The van der Waals surface area contributed by atoms with Crippen molar-refractivity contribution in [2.45, 2.75) is 10.2 Å². The predicted molar refractivity (Wildman–Crippen MR) is 162 cm³/mol. The molecule has 2 amide bonds. The monoisotopic (exact) mass is 567 g/mol. The first kappa shape index (κ1) is 25.3. The highest BCUT2D eigenvalue weighted by molar-refractivity contribution is 8.00. The van der Waals surface area contributed by atoms with E-state index in [-0.39, 0.29) is 23.3 Å². The molecule has 0 saturated heterocycles. The van der Waals surface area contributed by atoms with Gasteiger partial charge in [-0.3, -0.25) is 9.59 Å². The highest BCUT2D eigenvalue weighted by Crippen LogP contribution is 2.39. The number of nitrogens with one attached hydrogen (secondary N) is 2. The molecular weight excluding hydrogens is 547 g/mol. The average Bonchev–Trinajstić information content (AvgIpc) is 3.32. The molecule has 0 atom stereocenters. The van der Waals surface area contributed by atoms with Crippen LogP contribution < -0.4 is 10.6 Å². The Morgan fingerprint density at radius 3 is 2.03 bits per heavy atom. The number of thioether (sulfide) groups is 2. The largest absolute Gasteiger partial charge is 0.325 e. The summed E-state index contributed by atoms with van der Waals surface area (Å²) in [6, 6.07) is 28.7. The van der Waals surface area contributed by atoms with E-state index in [1.165, 1.54) is 34.9 Å². The molecule has 3 aromatic heterocycles. The van der Waals surface area contributed by atoms with Crippen LogP contribution >= 0.6 is 34.9 Å². The van der Waals surface area contributed by atoms with Crippen LogP contribution in [0.1, 0.15) is 0 Å². The van der Waals surface area contributed by atoms with E-state index >= 15 is 0 Å². The molecule has 39 heavy (non-hydrogen) atoms. The summed E-state index contributed by atoms with van der Waals surface area (Å²) < 4.78 is 0.878. The summed E-state index contributed by atoms with van der Waals surface area (Å²) in [5, 5.41) is 8.94. The van der Waals surface area contributed by atoms with Gasteiger partial charge in [0.1, 0.15) is 9.86 Å². The van der Waals surface area contributed by atoms with E-state index in [1.54, 1.807) is 0 Å². The number of fused-ring (bicyclic) bond motifs is 4. The number of aromatic nitrogens is 3. The zero-order chi connectivity index (χ0) is 26.6. The Morgan fingerprint density at radius 1 is 0.718 bits per heavy atom. The zero-order valence-electron chi connectivity index (χ0n) is 20.5. The Morgan fingerprint density at radius 2 is 1.33 bits per heavy atom. The van der Waals surface area contributed by atoms with Crippen molar-refractivity contribution in [2.75, 3.05) is 22.1 Å². The van der Waals surface area contributed by atoms with E-state index < -0.39 is 0 Å². The van der Waals surface area contributed by atoms with E-state index in [1.807, 2.05) is 84.9 Å². The quantitative estimate of drug-likeness (QED) is 0.118. The molecule has 0 fully saturated rings. The predicted octanol–water partition coefficient (Wildman–Crippen LogP) is 6.85.